The van der Waals surface area contributed by atoms with E-state index in [2.05, 4.69) is 29.6 Å². The van der Waals surface area contributed by atoms with E-state index in [9.17, 15) is 19.5 Å². The number of carbonyl (C=O) groups is 3. The van der Waals surface area contributed by atoms with Crippen molar-refractivity contribution >= 4 is 18.0 Å². The summed E-state index contributed by atoms with van der Waals surface area (Å²) in [5.74, 6) is -1.68. The molecule has 1 aliphatic heterocycles. The van der Waals surface area contributed by atoms with E-state index in [1.807, 2.05) is 24.3 Å². The van der Waals surface area contributed by atoms with E-state index < -0.39 is 18.0 Å². The molecule has 8 nitrogen and oxygen atoms in total. The van der Waals surface area contributed by atoms with Crippen LogP contribution in [-0.4, -0.2) is 66.9 Å². The van der Waals surface area contributed by atoms with Gasteiger partial charge in [-0.3, -0.25) is 9.59 Å². The Bertz CT molecular complexity index is 1070. The van der Waals surface area contributed by atoms with Crippen molar-refractivity contribution < 1.29 is 29.0 Å². The fourth-order valence-electron chi connectivity index (χ4n) is 5.13. The molecule has 0 aromatic heterocycles. The predicted molar refractivity (Wildman–Crippen MR) is 128 cm³/mol. The van der Waals surface area contributed by atoms with Crippen LogP contribution in [0.4, 0.5) is 4.79 Å². The highest BCUT2D eigenvalue weighted by Gasteiger charge is 2.37. The maximum absolute atomic E-state index is 13.0. The summed E-state index contributed by atoms with van der Waals surface area (Å²) >= 11 is 0. The third kappa shape index (κ3) is 5.17. The third-order valence-corrected chi connectivity index (χ3v) is 7.20. The summed E-state index contributed by atoms with van der Waals surface area (Å²) in [5, 5.41) is 12.3. The summed E-state index contributed by atoms with van der Waals surface area (Å²) < 4.78 is 11.0. The lowest BCUT2D eigenvalue weighted by atomic mass is 9.98. The molecule has 8 heteroatoms. The Labute approximate surface area is 204 Å². The highest BCUT2D eigenvalue weighted by Crippen LogP contribution is 2.44. The van der Waals surface area contributed by atoms with E-state index in [0.29, 0.717) is 13.2 Å². The zero-order valence-corrected chi connectivity index (χ0v) is 19.5. The van der Waals surface area contributed by atoms with Crippen LogP contribution < -0.4 is 5.32 Å². The van der Waals surface area contributed by atoms with Gasteiger partial charge >= 0.3 is 12.1 Å². The monoisotopic (exact) mass is 478 g/mol. The molecule has 1 saturated heterocycles. The number of ether oxygens (including phenoxy) is 2. The average molecular weight is 479 g/mol. The van der Waals surface area contributed by atoms with Crippen LogP contribution in [0.15, 0.2) is 48.5 Å². The van der Waals surface area contributed by atoms with Crippen molar-refractivity contribution in [2.45, 2.75) is 31.2 Å². The Kier molecular flexibility index (Phi) is 6.72. The minimum Gasteiger partial charge on any atom is -0.481 e. The number of hydrogen-bond acceptors (Lipinski definition) is 5. The second-order valence-electron chi connectivity index (χ2n) is 9.57. The molecule has 1 saturated carbocycles. The van der Waals surface area contributed by atoms with Crippen molar-refractivity contribution in [2.24, 2.45) is 11.8 Å². The van der Waals surface area contributed by atoms with Crippen molar-refractivity contribution in [3.05, 3.63) is 59.7 Å². The quantitative estimate of drug-likeness (QED) is 0.633. The number of carboxylic acids is 1. The van der Waals surface area contributed by atoms with Crippen LogP contribution in [0.2, 0.25) is 0 Å². The van der Waals surface area contributed by atoms with Crippen LogP contribution >= 0.6 is 0 Å². The van der Waals surface area contributed by atoms with E-state index >= 15 is 0 Å². The van der Waals surface area contributed by atoms with Crippen molar-refractivity contribution in [3.8, 4) is 11.1 Å². The molecule has 2 fully saturated rings. The number of aliphatic carboxylic acids is 1. The summed E-state index contributed by atoms with van der Waals surface area (Å²) in [7, 11) is 0. The Morgan fingerprint density at radius 2 is 1.71 bits per heavy atom. The van der Waals surface area contributed by atoms with Crippen LogP contribution in [0.1, 0.15) is 36.3 Å². The fourth-order valence-corrected chi connectivity index (χ4v) is 5.13. The first kappa shape index (κ1) is 23.4. The number of nitrogens with one attached hydrogen (secondary N) is 1. The number of rotatable bonds is 7. The third-order valence-electron chi connectivity index (χ3n) is 7.20. The molecule has 35 heavy (non-hydrogen) atoms. The molecular weight excluding hydrogens is 448 g/mol. The Morgan fingerprint density at radius 1 is 1.06 bits per heavy atom. The first-order valence-electron chi connectivity index (χ1n) is 12.2. The van der Waals surface area contributed by atoms with Crippen LogP contribution in [-0.2, 0) is 19.1 Å². The van der Waals surface area contributed by atoms with Gasteiger partial charge in [0.25, 0.3) is 0 Å². The molecule has 2 amide bonds. The molecule has 2 atom stereocenters. The molecule has 184 valence electrons. The van der Waals surface area contributed by atoms with E-state index in [-0.39, 0.29) is 50.0 Å². The number of amides is 2. The van der Waals surface area contributed by atoms with E-state index in [0.717, 1.165) is 24.0 Å². The van der Waals surface area contributed by atoms with Crippen LogP contribution in [0, 0.1) is 11.8 Å². The lowest BCUT2D eigenvalue weighted by Gasteiger charge is -2.25. The van der Waals surface area contributed by atoms with Gasteiger partial charge < -0.3 is 24.8 Å². The van der Waals surface area contributed by atoms with Gasteiger partial charge in [0.2, 0.25) is 5.91 Å². The predicted octanol–water partition coefficient (Wildman–Crippen LogP) is 3.25. The van der Waals surface area contributed by atoms with Crippen molar-refractivity contribution in [1.82, 2.24) is 10.2 Å². The summed E-state index contributed by atoms with van der Waals surface area (Å²) in [5.41, 5.74) is 4.62. The van der Waals surface area contributed by atoms with Gasteiger partial charge in [-0.1, -0.05) is 48.5 Å². The zero-order valence-electron chi connectivity index (χ0n) is 19.5. The molecule has 2 aliphatic carbocycles. The molecule has 0 radical (unpaired) electrons. The summed E-state index contributed by atoms with van der Waals surface area (Å²) in [6.07, 6.45) is 1.49. The second-order valence-corrected chi connectivity index (χ2v) is 9.57. The minimum atomic E-state index is -0.972. The maximum atomic E-state index is 13.0. The molecule has 3 aliphatic rings. The second kappa shape index (κ2) is 10.1. The topological polar surface area (TPSA) is 105 Å². The van der Waals surface area contributed by atoms with Crippen LogP contribution in [0.3, 0.4) is 0 Å². The molecular formula is C27H30N2O6. The normalized spacial score (nSPS) is 20.3. The SMILES string of the molecule is O=C(NC(CC(=O)N1CCOCC(C(=O)O)C1)C1CC1)OCC1c2ccccc2-c2ccccc21. The number of carbonyl (C=O) groups excluding carboxylic acids is 2. The Morgan fingerprint density at radius 3 is 2.34 bits per heavy atom. The zero-order chi connectivity index (χ0) is 24.4. The Hall–Kier alpha value is -3.39. The van der Waals surface area contributed by atoms with Crippen molar-refractivity contribution in [2.75, 3.05) is 32.9 Å². The number of hydrogen-bond donors (Lipinski definition) is 2. The van der Waals surface area contributed by atoms with E-state index in [4.69, 9.17) is 9.47 Å². The minimum absolute atomic E-state index is 0.0285. The lowest BCUT2D eigenvalue weighted by Crippen LogP contribution is -2.44. The smallest absolute Gasteiger partial charge is 0.407 e. The average Bonchev–Trinajstić information content (AvgIpc) is 3.68. The maximum Gasteiger partial charge on any atom is 0.407 e. The van der Waals surface area contributed by atoms with Gasteiger partial charge in [-0.05, 0) is 41.0 Å². The van der Waals surface area contributed by atoms with E-state index in [1.165, 1.54) is 11.1 Å². The highest BCUT2D eigenvalue weighted by molar-refractivity contribution is 5.80. The first-order valence-corrected chi connectivity index (χ1v) is 12.2. The molecule has 2 aromatic carbocycles. The largest absolute Gasteiger partial charge is 0.481 e. The van der Waals surface area contributed by atoms with Crippen molar-refractivity contribution in [1.29, 1.82) is 0 Å². The van der Waals surface area contributed by atoms with Crippen LogP contribution in [0.5, 0.6) is 0 Å². The summed E-state index contributed by atoms with van der Waals surface area (Å²) in [6.45, 7) is 1.10. The standard InChI is InChI=1S/C27H30N2O6/c30-25(29-11-12-34-15-18(14-29)26(31)32)13-24(17-9-10-17)28-27(33)35-16-23-21-7-3-1-5-19(21)20-6-2-4-8-22(20)23/h1-8,17-18,23-24H,9-16H2,(H,28,33)(H,31,32). The molecule has 0 spiro atoms. The van der Waals surface area contributed by atoms with Gasteiger partial charge in [0.1, 0.15) is 6.61 Å². The number of carboxylic acid groups (broad SMARTS) is 1. The molecule has 0 bridgehead atoms. The van der Waals surface area contributed by atoms with Crippen molar-refractivity contribution in [3.63, 3.8) is 0 Å². The van der Waals surface area contributed by atoms with Gasteiger partial charge in [-0.2, -0.15) is 0 Å². The summed E-state index contributed by atoms with van der Waals surface area (Å²) in [4.78, 5) is 38.7. The summed E-state index contributed by atoms with van der Waals surface area (Å²) in [6, 6.07) is 16.0. The van der Waals surface area contributed by atoms with Gasteiger partial charge in [-0.25, -0.2) is 4.79 Å². The highest BCUT2D eigenvalue weighted by atomic mass is 16.5. The number of nitrogens with zero attached hydrogens (tertiary/aromatic N) is 1. The number of benzene rings is 2. The number of fused-ring (bicyclic) bond motifs is 3. The first-order chi connectivity index (χ1) is 17.0. The van der Waals surface area contributed by atoms with Crippen LogP contribution in [0.25, 0.3) is 11.1 Å². The van der Waals surface area contributed by atoms with Gasteiger partial charge in [0.15, 0.2) is 0 Å². The molecule has 2 N–H and O–H groups in total. The molecule has 1 heterocycles. The Balaban J connectivity index is 1.20. The molecule has 2 unspecified atom stereocenters. The van der Waals surface area contributed by atoms with Gasteiger partial charge in [0.05, 0.1) is 19.1 Å². The molecule has 2 aromatic rings. The van der Waals surface area contributed by atoms with E-state index in [1.54, 1.807) is 4.90 Å². The van der Waals surface area contributed by atoms with Gasteiger partial charge in [-0.15, -0.1) is 0 Å². The molecule has 5 rings (SSSR count). The fraction of sp³-hybridized carbons (Fsp3) is 0.444. The lowest BCUT2D eigenvalue weighted by molar-refractivity contribution is -0.144. The number of alkyl carbamates (subject to hydrolysis) is 1. The van der Waals surface area contributed by atoms with Gasteiger partial charge in [0, 0.05) is 31.5 Å².